The van der Waals surface area contributed by atoms with Crippen LogP contribution in [0, 0.1) is 6.92 Å². The molecule has 0 saturated heterocycles. The summed E-state index contributed by atoms with van der Waals surface area (Å²) in [6, 6.07) is 3.82. The van der Waals surface area contributed by atoms with Crippen molar-refractivity contribution in [2.24, 2.45) is 0 Å². The highest BCUT2D eigenvalue weighted by molar-refractivity contribution is 5.61. The maximum Gasteiger partial charge on any atom is 0.145 e. The zero-order valence-electron chi connectivity index (χ0n) is 7.28. The quantitative estimate of drug-likeness (QED) is 0.686. The Labute approximate surface area is 75.8 Å². The highest BCUT2D eigenvalue weighted by Gasteiger charge is 2.00. The van der Waals surface area contributed by atoms with E-state index in [0.717, 1.165) is 16.8 Å². The number of hydrogen-bond donors (Lipinski definition) is 2. The van der Waals surface area contributed by atoms with Crippen molar-refractivity contribution in [1.29, 1.82) is 0 Å². The molecule has 0 saturated carbocycles. The van der Waals surface area contributed by atoms with E-state index in [1.165, 1.54) is 0 Å². The van der Waals surface area contributed by atoms with Gasteiger partial charge in [-0.25, -0.2) is 0 Å². The molecule has 0 spiro atoms. The van der Waals surface area contributed by atoms with Crippen molar-refractivity contribution in [1.82, 2.24) is 15.2 Å². The van der Waals surface area contributed by atoms with Crippen LogP contribution >= 0.6 is 0 Å². The lowest BCUT2D eigenvalue weighted by molar-refractivity contribution is 1.10. The summed E-state index contributed by atoms with van der Waals surface area (Å²) in [6.45, 7) is 2.00. The largest absolute Gasteiger partial charge is 0.382 e. The number of nitrogens with one attached hydrogen (secondary N) is 1. The zero-order valence-corrected chi connectivity index (χ0v) is 7.28. The zero-order chi connectivity index (χ0) is 9.26. The van der Waals surface area contributed by atoms with Crippen LogP contribution in [-0.4, -0.2) is 15.2 Å². The number of anilines is 1. The Hall–Kier alpha value is -1.84. The van der Waals surface area contributed by atoms with Crippen LogP contribution in [0.3, 0.4) is 0 Å². The van der Waals surface area contributed by atoms with Crippen LogP contribution in [0.5, 0.6) is 0 Å². The van der Waals surface area contributed by atoms with E-state index >= 15 is 0 Å². The number of rotatable bonds is 1. The molecule has 4 heteroatoms. The molecule has 0 fully saturated rings. The van der Waals surface area contributed by atoms with E-state index < -0.39 is 0 Å². The van der Waals surface area contributed by atoms with Gasteiger partial charge in [0.2, 0.25) is 0 Å². The lowest BCUT2D eigenvalue weighted by Crippen LogP contribution is -1.82. The van der Waals surface area contributed by atoms with Gasteiger partial charge in [0, 0.05) is 24.0 Å². The van der Waals surface area contributed by atoms with E-state index in [1.807, 2.05) is 19.2 Å². The Kier molecular flexibility index (Phi) is 1.73. The first kappa shape index (κ1) is 7.79. The Balaban J connectivity index is 2.46. The highest BCUT2D eigenvalue weighted by Crippen LogP contribution is 2.17. The summed E-state index contributed by atoms with van der Waals surface area (Å²) in [5, 5.41) is 6.68. The summed E-state index contributed by atoms with van der Waals surface area (Å²) in [5.74, 6) is 0.497. The summed E-state index contributed by atoms with van der Waals surface area (Å²) in [7, 11) is 0. The summed E-state index contributed by atoms with van der Waals surface area (Å²) in [5.41, 5.74) is 8.51. The molecule has 0 aliphatic heterocycles. The third-order valence-corrected chi connectivity index (χ3v) is 1.78. The number of hydrogen-bond acceptors (Lipinski definition) is 3. The maximum absolute atomic E-state index is 5.49. The molecule has 2 aromatic heterocycles. The molecule has 4 nitrogen and oxygen atoms in total. The smallest absolute Gasteiger partial charge is 0.145 e. The Morgan fingerprint density at radius 2 is 2.15 bits per heavy atom. The van der Waals surface area contributed by atoms with Crippen molar-refractivity contribution in [3.8, 4) is 11.3 Å². The number of H-pyrrole nitrogens is 1. The minimum Gasteiger partial charge on any atom is -0.382 e. The lowest BCUT2D eigenvalue weighted by atomic mass is 10.2. The molecular formula is C9H10N4. The minimum absolute atomic E-state index is 0.497. The van der Waals surface area contributed by atoms with Gasteiger partial charge in [-0.05, 0) is 18.6 Å². The van der Waals surface area contributed by atoms with Crippen LogP contribution in [0.4, 0.5) is 5.82 Å². The minimum atomic E-state index is 0.497. The standard InChI is InChI=1S/C9H10N4/c1-6-2-7(5-11-4-6)8-3-9(10)13-12-8/h2-5H,1H3,(H3,10,12,13). The monoisotopic (exact) mass is 174 g/mol. The third kappa shape index (κ3) is 1.51. The van der Waals surface area contributed by atoms with E-state index in [4.69, 9.17) is 5.73 Å². The van der Waals surface area contributed by atoms with Crippen LogP contribution < -0.4 is 5.73 Å². The third-order valence-electron chi connectivity index (χ3n) is 1.78. The fourth-order valence-corrected chi connectivity index (χ4v) is 1.19. The number of pyridine rings is 1. The van der Waals surface area contributed by atoms with Crippen LogP contribution in [-0.2, 0) is 0 Å². The van der Waals surface area contributed by atoms with Crippen LogP contribution in [0.15, 0.2) is 24.5 Å². The fraction of sp³-hybridized carbons (Fsp3) is 0.111. The first-order valence-corrected chi connectivity index (χ1v) is 3.98. The fourth-order valence-electron chi connectivity index (χ4n) is 1.19. The normalized spacial score (nSPS) is 10.2. The lowest BCUT2D eigenvalue weighted by Gasteiger charge is -1.96. The van der Waals surface area contributed by atoms with Gasteiger partial charge in [-0.15, -0.1) is 0 Å². The van der Waals surface area contributed by atoms with Crippen molar-refractivity contribution in [3.05, 3.63) is 30.1 Å². The highest BCUT2D eigenvalue weighted by atomic mass is 15.2. The Bertz CT molecular complexity index is 419. The topological polar surface area (TPSA) is 67.6 Å². The van der Waals surface area contributed by atoms with Gasteiger partial charge in [-0.2, -0.15) is 5.10 Å². The van der Waals surface area contributed by atoms with E-state index in [0.29, 0.717) is 5.82 Å². The van der Waals surface area contributed by atoms with Crippen molar-refractivity contribution >= 4 is 5.82 Å². The summed E-state index contributed by atoms with van der Waals surface area (Å²) in [4.78, 5) is 4.08. The molecule has 13 heavy (non-hydrogen) atoms. The van der Waals surface area contributed by atoms with Gasteiger partial charge < -0.3 is 5.73 Å². The van der Waals surface area contributed by atoms with Crippen LogP contribution in [0.2, 0.25) is 0 Å². The molecule has 0 amide bonds. The van der Waals surface area contributed by atoms with E-state index in [1.54, 1.807) is 12.3 Å². The number of aromatic nitrogens is 3. The molecule has 0 atom stereocenters. The number of aromatic amines is 1. The average Bonchev–Trinajstić information content (AvgIpc) is 2.52. The van der Waals surface area contributed by atoms with Gasteiger partial charge in [0.15, 0.2) is 0 Å². The molecule has 0 aromatic carbocycles. The molecule has 0 unspecified atom stereocenters. The second kappa shape index (κ2) is 2.90. The number of nitrogen functional groups attached to an aromatic ring is 1. The van der Waals surface area contributed by atoms with E-state index in [-0.39, 0.29) is 0 Å². The van der Waals surface area contributed by atoms with Gasteiger partial charge in [0.25, 0.3) is 0 Å². The molecule has 0 bridgehead atoms. The molecule has 3 N–H and O–H groups in total. The maximum atomic E-state index is 5.49. The predicted molar refractivity (Wildman–Crippen MR) is 51.0 cm³/mol. The molecule has 0 radical (unpaired) electrons. The van der Waals surface area contributed by atoms with E-state index in [9.17, 15) is 0 Å². The molecular weight excluding hydrogens is 164 g/mol. The predicted octanol–water partition coefficient (Wildman–Crippen LogP) is 1.36. The van der Waals surface area contributed by atoms with Crippen molar-refractivity contribution in [3.63, 3.8) is 0 Å². The molecule has 2 aromatic rings. The second-order valence-corrected chi connectivity index (χ2v) is 2.96. The van der Waals surface area contributed by atoms with Crippen molar-refractivity contribution < 1.29 is 0 Å². The Morgan fingerprint density at radius 3 is 2.77 bits per heavy atom. The summed E-state index contributed by atoms with van der Waals surface area (Å²) < 4.78 is 0. The molecule has 2 rings (SSSR count). The first-order chi connectivity index (χ1) is 6.25. The number of nitrogens with zero attached hydrogens (tertiary/aromatic N) is 2. The molecule has 0 aliphatic rings. The van der Waals surface area contributed by atoms with Gasteiger partial charge >= 0.3 is 0 Å². The van der Waals surface area contributed by atoms with Crippen molar-refractivity contribution in [2.75, 3.05) is 5.73 Å². The van der Waals surface area contributed by atoms with Gasteiger partial charge in [0.1, 0.15) is 5.82 Å². The molecule has 2 heterocycles. The average molecular weight is 174 g/mol. The first-order valence-electron chi connectivity index (χ1n) is 3.98. The SMILES string of the molecule is Cc1cncc(-c2cc(N)n[nH]2)c1. The van der Waals surface area contributed by atoms with Crippen LogP contribution in [0.25, 0.3) is 11.3 Å². The molecule has 0 aliphatic carbocycles. The van der Waals surface area contributed by atoms with Crippen LogP contribution in [0.1, 0.15) is 5.56 Å². The van der Waals surface area contributed by atoms with Crippen molar-refractivity contribution in [2.45, 2.75) is 6.92 Å². The number of aryl methyl sites for hydroxylation is 1. The van der Waals surface area contributed by atoms with Gasteiger partial charge in [0.05, 0.1) is 5.69 Å². The summed E-state index contributed by atoms with van der Waals surface area (Å²) >= 11 is 0. The van der Waals surface area contributed by atoms with Gasteiger partial charge in [-0.1, -0.05) is 0 Å². The second-order valence-electron chi connectivity index (χ2n) is 2.96. The van der Waals surface area contributed by atoms with Gasteiger partial charge in [-0.3, -0.25) is 10.1 Å². The Morgan fingerprint density at radius 1 is 1.31 bits per heavy atom. The van der Waals surface area contributed by atoms with E-state index in [2.05, 4.69) is 15.2 Å². The summed E-state index contributed by atoms with van der Waals surface area (Å²) in [6.07, 6.45) is 3.59. The number of nitrogens with two attached hydrogens (primary N) is 1. The molecule has 66 valence electrons.